The van der Waals surface area contributed by atoms with Crippen LogP contribution in [0.5, 0.6) is 5.75 Å². The molecule has 3 rings (SSSR count). The minimum atomic E-state index is -0.820. The van der Waals surface area contributed by atoms with E-state index in [0.717, 1.165) is 11.0 Å². The Morgan fingerprint density at radius 1 is 1.08 bits per heavy atom. The van der Waals surface area contributed by atoms with Crippen molar-refractivity contribution in [1.29, 1.82) is 0 Å². The van der Waals surface area contributed by atoms with Gasteiger partial charge >= 0.3 is 5.97 Å². The van der Waals surface area contributed by atoms with Gasteiger partial charge in [-0.15, -0.1) is 0 Å². The van der Waals surface area contributed by atoms with Crippen molar-refractivity contribution in [2.75, 3.05) is 0 Å². The first kappa shape index (κ1) is 16.8. The molecule has 1 aromatic heterocycles. The molecule has 0 saturated heterocycles. The van der Waals surface area contributed by atoms with Gasteiger partial charge in [0.2, 0.25) is 0 Å². The van der Waals surface area contributed by atoms with Crippen LogP contribution in [0.2, 0.25) is 0 Å². The maximum atomic E-state index is 12.9. The van der Waals surface area contributed by atoms with E-state index in [-0.39, 0.29) is 12.4 Å². The third-order valence-electron chi connectivity index (χ3n) is 3.65. The SMILES string of the molecule is Cc1nc2ccccc2nc1COC(=O)[C@@H](C)Oc1ccc(F)cc1. The van der Waals surface area contributed by atoms with Crippen molar-refractivity contribution in [2.45, 2.75) is 26.6 Å². The van der Waals surface area contributed by atoms with Gasteiger partial charge in [-0.25, -0.2) is 19.2 Å². The number of aryl methyl sites for hydroxylation is 1. The first-order chi connectivity index (χ1) is 12.0. The van der Waals surface area contributed by atoms with Gasteiger partial charge in [0.1, 0.15) is 18.2 Å². The van der Waals surface area contributed by atoms with E-state index in [2.05, 4.69) is 9.97 Å². The highest BCUT2D eigenvalue weighted by atomic mass is 19.1. The molecule has 0 aliphatic rings. The smallest absolute Gasteiger partial charge is 0.347 e. The van der Waals surface area contributed by atoms with Crippen molar-refractivity contribution < 1.29 is 18.7 Å². The molecule has 128 valence electrons. The van der Waals surface area contributed by atoms with Crippen LogP contribution in [0.4, 0.5) is 4.39 Å². The zero-order chi connectivity index (χ0) is 17.8. The van der Waals surface area contributed by atoms with Crippen molar-refractivity contribution in [3.63, 3.8) is 0 Å². The maximum Gasteiger partial charge on any atom is 0.347 e. The summed E-state index contributed by atoms with van der Waals surface area (Å²) in [5.41, 5.74) is 2.84. The number of carbonyl (C=O) groups is 1. The van der Waals surface area contributed by atoms with Gasteiger partial charge in [0.05, 0.1) is 22.4 Å². The Morgan fingerprint density at radius 3 is 2.40 bits per heavy atom. The van der Waals surface area contributed by atoms with E-state index < -0.39 is 12.1 Å². The molecule has 0 amide bonds. The largest absolute Gasteiger partial charge is 0.479 e. The lowest BCUT2D eigenvalue weighted by Crippen LogP contribution is -2.26. The zero-order valence-corrected chi connectivity index (χ0v) is 13.9. The number of ether oxygens (including phenoxy) is 2. The Bertz CT molecular complexity index is 897. The third kappa shape index (κ3) is 4.09. The fourth-order valence-electron chi connectivity index (χ4n) is 2.28. The minimum Gasteiger partial charge on any atom is -0.479 e. The third-order valence-corrected chi connectivity index (χ3v) is 3.65. The number of aromatic nitrogens is 2. The van der Waals surface area contributed by atoms with Gasteiger partial charge in [-0.1, -0.05) is 12.1 Å². The number of esters is 1. The number of hydrogen-bond acceptors (Lipinski definition) is 5. The number of nitrogens with zero attached hydrogens (tertiary/aromatic N) is 2. The van der Waals surface area contributed by atoms with Crippen LogP contribution in [0.25, 0.3) is 11.0 Å². The summed E-state index contributed by atoms with van der Waals surface area (Å²) in [6, 6.07) is 12.9. The second-order valence-electron chi connectivity index (χ2n) is 5.57. The van der Waals surface area contributed by atoms with Gasteiger partial charge in [0.25, 0.3) is 0 Å². The Morgan fingerprint density at radius 2 is 1.72 bits per heavy atom. The Balaban J connectivity index is 1.63. The van der Waals surface area contributed by atoms with E-state index in [0.29, 0.717) is 17.1 Å². The number of benzene rings is 2. The van der Waals surface area contributed by atoms with E-state index in [1.165, 1.54) is 24.3 Å². The molecule has 2 aromatic carbocycles. The number of fused-ring (bicyclic) bond motifs is 1. The first-order valence-corrected chi connectivity index (χ1v) is 7.84. The van der Waals surface area contributed by atoms with Crippen LogP contribution in [0.15, 0.2) is 48.5 Å². The Hall–Kier alpha value is -3.02. The average molecular weight is 340 g/mol. The van der Waals surface area contributed by atoms with Crippen molar-refractivity contribution in [1.82, 2.24) is 9.97 Å². The van der Waals surface area contributed by atoms with Crippen molar-refractivity contribution >= 4 is 17.0 Å². The summed E-state index contributed by atoms with van der Waals surface area (Å²) in [6.07, 6.45) is -0.820. The molecule has 1 heterocycles. The van der Waals surface area contributed by atoms with Crippen LogP contribution in [0.1, 0.15) is 18.3 Å². The lowest BCUT2D eigenvalue weighted by Gasteiger charge is -2.14. The standard InChI is InChI=1S/C19H17FN2O3/c1-12-18(22-17-6-4-3-5-16(17)21-12)11-24-19(23)13(2)25-15-9-7-14(20)8-10-15/h3-10,13H,11H2,1-2H3/t13-/m1/s1. The normalized spacial score (nSPS) is 12.0. The molecule has 0 bridgehead atoms. The summed E-state index contributed by atoms with van der Waals surface area (Å²) in [5, 5.41) is 0. The second-order valence-corrected chi connectivity index (χ2v) is 5.57. The lowest BCUT2D eigenvalue weighted by molar-refractivity contribution is -0.152. The van der Waals surface area contributed by atoms with Crippen LogP contribution in [0.3, 0.4) is 0 Å². The number of carbonyl (C=O) groups excluding carboxylic acids is 1. The fourth-order valence-corrected chi connectivity index (χ4v) is 2.28. The molecular formula is C19H17FN2O3. The summed E-state index contributed by atoms with van der Waals surface area (Å²) in [6.45, 7) is 3.41. The molecule has 0 spiro atoms. The highest BCUT2D eigenvalue weighted by molar-refractivity contribution is 5.75. The van der Waals surface area contributed by atoms with E-state index in [9.17, 15) is 9.18 Å². The number of rotatable bonds is 5. The molecule has 0 fully saturated rings. The molecule has 0 unspecified atom stereocenters. The summed E-state index contributed by atoms with van der Waals surface area (Å²) in [5.74, 6) is -0.501. The van der Waals surface area contributed by atoms with Gasteiger partial charge in [-0.05, 0) is 50.2 Å². The minimum absolute atomic E-state index is 0.0135. The van der Waals surface area contributed by atoms with Crippen molar-refractivity contribution in [2.24, 2.45) is 0 Å². The van der Waals surface area contributed by atoms with Crippen LogP contribution in [-0.4, -0.2) is 22.0 Å². The van der Waals surface area contributed by atoms with E-state index in [1.54, 1.807) is 6.92 Å². The number of hydrogen-bond donors (Lipinski definition) is 0. The maximum absolute atomic E-state index is 12.9. The molecule has 0 radical (unpaired) electrons. The van der Waals surface area contributed by atoms with Gasteiger partial charge in [-0.2, -0.15) is 0 Å². The topological polar surface area (TPSA) is 61.3 Å². The summed E-state index contributed by atoms with van der Waals surface area (Å²) in [7, 11) is 0. The van der Waals surface area contributed by atoms with E-state index >= 15 is 0 Å². The average Bonchev–Trinajstić information content (AvgIpc) is 2.61. The molecule has 0 aliphatic heterocycles. The summed E-state index contributed by atoms with van der Waals surface area (Å²) in [4.78, 5) is 21.0. The van der Waals surface area contributed by atoms with Gasteiger partial charge in [0, 0.05) is 0 Å². The van der Waals surface area contributed by atoms with Crippen LogP contribution >= 0.6 is 0 Å². The molecule has 1 atom stereocenters. The Labute approximate surface area is 144 Å². The monoisotopic (exact) mass is 340 g/mol. The van der Waals surface area contributed by atoms with E-state index in [4.69, 9.17) is 9.47 Å². The van der Waals surface area contributed by atoms with Crippen molar-refractivity contribution in [3.05, 3.63) is 65.7 Å². The Kier molecular flexibility index (Phi) is 4.88. The van der Waals surface area contributed by atoms with Crippen molar-refractivity contribution in [3.8, 4) is 5.75 Å². The molecule has 0 N–H and O–H groups in total. The first-order valence-electron chi connectivity index (χ1n) is 7.84. The molecule has 25 heavy (non-hydrogen) atoms. The predicted octanol–water partition coefficient (Wildman–Crippen LogP) is 3.59. The zero-order valence-electron chi connectivity index (χ0n) is 13.9. The van der Waals surface area contributed by atoms with Gasteiger partial charge < -0.3 is 9.47 Å². The van der Waals surface area contributed by atoms with Gasteiger partial charge in [0.15, 0.2) is 6.10 Å². The highest BCUT2D eigenvalue weighted by Crippen LogP contribution is 2.15. The molecular weight excluding hydrogens is 323 g/mol. The quantitative estimate of drug-likeness (QED) is 0.664. The van der Waals surface area contributed by atoms with Crippen LogP contribution in [-0.2, 0) is 16.1 Å². The molecule has 0 aliphatic carbocycles. The van der Waals surface area contributed by atoms with Crippen LogP contribution < -0.4 is 4.74 Å². The second kappa shape index (κ2) is 7.25. The van der Waals surface area contributed by atoms with E-state index in [1.807, 2.05) is 31.2 Å². The lowest BCUT2D eigenvalue weighted by atomic mass is 10.2. The summed E-state index contributed by atoms with van der Waals surface area (Å²) >= 11 is 0. The van der Waals surface area contributed by atoms with Crippen LogP contribution in [0, 0.1) is 12.7 Å². The molecule has 6 heteroatoms. The number of para-hydroxylation sites is 2. The molecule has 5 nitrogen and oxygen atoms in total. The molecule has 3 aromatic rings. The molecule has 0 saturated carbocycles. The number of halogens is 1. The van der Waals surface area contributed by atoms with Gasteiger partial charge in [-0.3, -0.25) is 0 Å². The highest BCUT2D eigenvalue weighted by Gasteiger charge is 2.17. The summed E-state index contributed by atoms with van der Waals surface area (Å²) < 4.78 is 23.6. The predicted molar refractivity (Wildman–Crippen MR) is 90.6 cm³/mol. The fraction of sp³-hybridized carbons (Fsp3) is 0.211.